The summed E-state index contributed by atoms with van der Waals surface area (Å²) in [5.74, 6) is -0.688. The van der Waals surface area contributed by atoms with Crippen LogP contribution in [0.3, 0.4) is 0 Å². The zero-order valence-corrected chi connectivity index (χ0v) is 15.5. The highest BCUT2D eigenvalue weighted by atomic mass is 19.4. The number of hydrogen-bond donors (Lipinski definition) is 1. The summed E-state index contributed by atoms with van der Waals surface area (Å²) in [7, 11) is 0. The van der Waals surface area contributed by atoms with E-state index in [1.165, 1.54) is 30.3 Å². The molecule has 1 aliphatic heterocycles. The number of carbonyl (C=O) groups is 1. The van der Waals surface area contributed by atoms with Crippen LogP contribution in [0.5, 0.6) is 0 Å². The fraction of sp³-hybridized carbons (Fsp3) is 0.350. The molecule has 1 saturated heterocycles. The third-order valence-electron chi connectivity index (χ3n) is 4.83. The third kappa shape index (κ3) is 5.04. The van der Waals surface area contributed by atoms with Gasteiger partial charge in [-0.3, -0.25) is 14.9 Å². The van der Waals surface area contributed by atoms with Crippen molar-refractivity contribution < 1.29 is 22.9 Å². The quantitative estimate of drug-likeness (QED) is 0.555. The van der Waals surface area contributed by atoms with E-state index in [0.717, 1.165) is 37.8 Å². The predicted molar refractivity (Wildman–Crippen MR) is 103 cm³/mol. The van der Waals surface area contributed by atoms with Gasteiger partial charge in [-0.2, -0.15) is 13.2 Å². The van der Waals surface area contributed by atoms with Crippen LogP contribution in [0.15, 0.2) is 42.5 Å². The minimum absolute atomic E-state index is 0.0295. The molecule has 0 aliphatic carbocycles. The molecule has 1 amide bonds. The number of alkyl halides is 3. The molecule has 9 heteroatoms. The Kier molecular flexibility index (Phi) is 6.05. The summed E-state index contributed by atoms with van der Waals surface area (Å²) >= 11 is 0. The number of hydrogen-bond acceptors (Lipinski definition) is 4. The normalized spacial score (nSPS) is 14.9. The molecule has 2 aromatic rings. The average molecular weight is 407 g/mol. The van der Waals surface area contributed by atoms with Crippen LogP contribution in [-0.4, -0.2) is 23.9 Å². The first-order valence-corrected chi connectivity index (χ1v) is 9.28. The van der Waals surface area contributed by atoms with Crippen LogP contribution in [0.25, 0.3) is 0 Å². The van der Waals surface area contributed by atoms with Gasteiger partial charge in [0, 0.05) is 30.9 Å². The van der Waals surface area contributed by atoms with Crippen molar-refractivity contribution in [3.63, 3.8) is 0 Å². The summed E-state index contributed by atoms with van der Waals surface area (Å²) < 4.78 is 38.8. The van der Waals surface area contributed by atoms with Gasteiger partial charge in [0.25, 0.3) is 11.6 Å². The lowest BCUT2D eigenvalue weighted by molar-refractivity contribution is -0.384. The summed E-state index contributed by atoms with van der Waals surface area (Å²) in [6, 6.07) is 8.32. The fourth-order valence-corrected chi connectivity index (χ4v) is 3.38. The van der Waals surface area contributed by atoms with Crippen LogP contribution < -0.4 is 10.2 Å². The lowest BCUT2D eigenvalue weighted by atomic mass is 10.1. The molecule has 0 unspecified atom stereocenters. The van der Waals surface area contributed by atoms with Gasteiger partial charge in [-0.05, 0) is 37.1 Å². The van der Waals surface area contributed by atoms with Crippen molar-refractivity contribution in [2.45, 2.75) is 31.9 Å². The maximum absolute atomic E-state index is 12.9. The van der Waals surface area contributed by atoms with Gasteiger partial charge < -0.3 is 10.2 Å². The molecule has 1 heterocycles. The molecule has 0 saturated carbocycles. The van der Waals surface area contributed by atoms with Crippen LogP contribution in [0.1, 0.15) is 41.6 Å². The van der Waals surface area contributed by atoms with Crippen LogP contribution in [0.4, 0.5) is 30.2 Å². The van der Waals surface area contributed by atoms with Gasteiger partial charge in [-0.1, -0.05) is 18.9 Å². The number of anilines is 2. The van der Waals surface area contributed by atoms with Crippen molar-refractivity contribution in [1.29, 1.82) is 0 Å². The molecular formula is C20H20F3N3O3. The SMILES string of the molecule is O=C(Nc1cccc(C(F)(F)F)c1)c1cc([N+](=O)[O-])ccc1N1CCCCCC1. The van der Waals surface area contributed by atoms with Crippen molar-refractivity contribution in [2.75, 3.05) is 23.3 Å². The van der Waals surface area contributed by atoms with Gasteiger partial charge in [0.2, 0.25) is 0 Å². The molecule has 6 nitrogen and oxygen atoms in total. The molecule has 154 valence electrons. The van der Waals surface area contributed by atoms with E-state index in [2.05, 4.69) is 5.32 Å². The van der Waals surface area contributed by atoms with E-state index in [4.69, 9.17) is 0 Å². The second kappa shape index (κ2) is 8.50. The number of carbonyl (C=O) groups excluding carboxylic acids is 1. The number of amides is 1. The first-order chi connectivity index (χ1) is 13.8. The summed E-state index contributed by atoms with van der Waals surface area (Å²) in [6.07, 6.45) is -0.536. The molecular weight excluding hydrogens is 387 g/mol. The Balaban J connectivity index is 1.94. The van der Waals surface area contributed by atoms with Crippen molar-refractivity contribution in [2.24, 2.45) is 0 Å². The summed E-state index contributed by atoms with van der Waals surface area (Å²) in [5, 5.41) is 13.6. The van der Waals surface area contributed by atoms with E-state index in [0.29, 0.717) is 18.8 Å². The van der Waals surface area contributed by atoms with E-state index in [1.54, 1.807) is 0 Å². The van der Waals surface area contributed by atoms with E-state index >= 15 is 0 Å². The number of rotatable bonds is 4. The number of nitro benzene ring substituents is 1. The zero-order valence-electron chi connectivity index (χ0n) is 15.5. The summed E-state index contributed by atoms with van der Waals surface area (Å²) in [6.45, 7) is 1.42. The predicted octanol–water partition coefficient (Wildman–Crippen LogP) is 5.25. The smallest absolute Gasteiger partial charge is 0.371 e. The van der Waals surface area contributed by atoms with Gasteiger partial charge in [-0.25, -0.2) is 0 Å². The highest BCUT2D eigenvalue weighted by molar-refractivity contribution is 6.08. The zero-order chi connectivity index (χ0) is 21.0. The van der Waals surface area contributed by atoms with Crippen molar-refractivity contribution >= 4 is 23.0 Å². The molecule has 0 aromatic heterocycles. The topological polar surface area (TPSA) is 75.5 Å². The standard InChI is InChI=1S/C20H20F3N3O3/c21-20(22,23)14-6-5-7-15(12-14)24-19(27)17-13-16(26(28)29)8-9-18(17)25-10-3-1-2-4-11-25/h5-9,12-13H,1-4,10-11H2,(H,24,27). The lowest BCUT2D eigenvalue weighted by Crippen LogP contribution is -2.27. The van der Waals surface area contributed by atoms with Gasteiger partial charge in [0.15, 0.2) is 0 Å². The second-order valence-corrected chi connectivity index (χ2v) is 6.89. The third-order valence-corrected chi connectivity index (χ3v) is 4.83. The molecule has 0 spiro atoms. The number of nitro groups is 1. The molecule has 1 N–H and O–H groups in total. The molecule has 0 bridgehead atoms. The minimum Gasteiger partial charge on any atom is -0.371 e. The first-order valence-electron chi connectivity index (χ1n) is 9.28. The molecule has 29 heavy (non-hydrogen) atoms. The van der Waals surface area contributed by atoms with E-state index in [1.807, 2.05) is 4.90 Å². The number of halogens is 3. The maximum Gasteiger partial charge on any atom is 0.416 e. The number of nitrogens with zero attached hydrogens (tertiary/aromatic N) is 2. The van der Waals surface area contributed by atoms with E-state index in [-0.39, 0.29) is 16.9 Å². The Morgan fingerprint density at radius 1 is 1.03 bits per heavy atom. The van der Waals surface area contributed by atoms with E-state index < -0.39 is 22.6 Å². The summed E-state index contributed by atoms with van der Waals surface area (Å²) in [4.78, 5) is 25.4. The monoisotopic (exact) mass is 407 g/mol. The van der Waals surface area contributed by atoms with Crippen LogP contribution in [-0.2, 0) is 6.18 Å². The second-order valence-electron chi connectivity index (χ2n) is 6.89. The molecule has 1 aliphatic rings. The van der Waals surface area contributed by atoms with Crippen molar-refractivity contribution in [3.8, 4) is 0 Å². The fourth-order valence-electron chi connectivity index (χ4n) is 3.38. The molecule has 0 radical (unpaired) electrons. The Morgan fingerprint density at radius 3 is 2.34 bits per heavy atom. The van der Waals surface area contributed by atoms with Gasteiger partial charge in [-0.15, -0.1) is 0 Å². The Labute approximate surface area is 165 Å². The highest BCUT2D eigenvalue weighted by Gasteiger charge is 2.30. The molecule has 2 aromatic carbocycles. The van der Waals surface area contributed by atoms with Crippen molar-refractivity contribution in [1.82, 2.24) is 0 Å². The van der Waals surface area contributed by atoms with Gasteiger partial charge in [0.05, 0.1) is 21.7 Å². The molecule has 0 atom stereocenters. The maximum atomic E-state index is 12.9. The number of nitrogens with one attached hydrogen (secondary N) is 1. The summed E-state index contributed by atoms with van der Waals surface area (Å²) in [5.41, 5.74) is -0.557. The minimum atomic E-state index is -4.54. The van der Waals surface area contributed by atoms with Crippen LogP contribution in [0.2, 0.25) is 0 Å². The highest BCUT2D eigenvalue weighted by Crippen LogP contribution is 2.32. The largest absolute Gasteiger partial charge is 0.416 e. The first kappa shape index (κ1) is 20.6. The molecule has 1 fully saturated rings. The lowest BCUT2D eigenvalue weighted by Gasteiger charge is -2.25. The molecule has 3 rings (SSSR count). The number of non-ortho nitro benzene ring substituents is 1. The number of benzene rings is 2. The van der Waals surface area contributed by atoms with Crippen LogP contribution >= 0.6 is 0 Å². The average Bonchev–Trinajstić information content (AvgIpc) is 2.96. The Morgan fingerprint density at radius 2 is 1.72 bits per heavy atom. The van der Waals surface area contributed by atoms with Crippen molar-refractivity contribution in [3.05, 3.63) is 63.7 Å². The Hall–Kier alpha value is -3.10. The van der Waals surface area contributed by atoms with Crippen LogP contribution in [0, 0.1) is 10.1 Å². The van der Waals surface area contributed by atoms with Gasteiger partial charge >= 0.3 is 6.18 Å². The Bertz CT molecular complexity index is 907. The van der Waals surface area contributed by atoms with E-state index in [9.17, 15) is 28.1 Å². The van der Waals surface area contributed by atoms with Gasteiger partial charge in [0.1, 0.15) is 0 Å².